The second-order valence-corrected chi connectivity index (χ2v) is 18.8. The van der Waals surface area contributed by atoms with Crippen LogP contribution in [0.1, 0.15) is 110 Å². The number of nitrogens with one attached hydrogen (secondary N) is 2. The van der Waals surface area contributed by atoms with Gasteiger partial charge in [-0.3, -0.25) is 9.59 Å². The number of amides is 2. The van der Waals surface area contributed by atoms with E-state index in [9.17, 15) is 29.4 Å². The highest BCUT2D eigenvalue weighted by Gasteiger charge is 2.57. The van der Waals surface area contributed by atoms with Crippen LogP contribution < -0.4 is 16.4 Å². The molecule has 1 aliphatic carbocycles. The number of aliphatic hydroxyl groups is 2. The maximum Gasteiger partial charge on any atom is 0.408 e. The minimum absolute atomic E-state index is 0.125. The average molecular weight is 804 g/mol. The number of carbonyl (C=O) groups excluding carboxylic acids is 4. The Bertz CT molecular complexity index is 1360. The van der Waals surface area contributed by atoms with Crippen LogP contribution in [-0.4, -0.2) is 125 Å². The largest absolute Gasteiger partial charge is 0.460 e. The third-order valence-electron chi connectivity index (χ3n) is 9.91. The number of alkyl carbamates (subject to hydrolysis) is 2. The van der Waals surface area contributed by atoms with Crippen molar-refractivity contribution in [3.8, 4) is 0 Å². The Morgan fingerprint density at radius 3 is 1.93 bits per heavy atom. The summed E-state index contributed by atoms with van der Waals surface area (Å²) < 4.78 is 47.8. The molecule has 17 nitrogen and oxygen atoms in total. The predicted octanol–water partition coefficient (Wildman–Crippen LogP) is 3.29. The molecule has 0 aromatic heterocycles. The summed E-state index contributed by atoms with van der Waals surface area (Å²) in [6.07, 6.45) is -7.83. The third-order valence-corrected chi connectivity index (χ3v) is 9.91. The van der Waals surface area contributed by atoms with Gasteiger partial charge in [-0.1, -0.05) is 20.8 Å². The quantitative estimate of drug-likeness (QED) is 0.158. The molecular formula is C39H69N3O14. The molecule has 7 unspecified atom stereocenters. The topological polar surface area (TPSA) is 233 Å². The molecule has 56 heavy (non-hydrogen) atoms. The first-order chi connectivity index (χ1) is 25.5. The van der Waals surface area contributed by atoms with Crippen molar-refractivity contribution >= 4 is 24.1 Å². The first kappa shape index (κ1) is 47.6. The molecule has 2 heterocycles. The Hall–Kier alpha value is -2.80. The Morgan fingerprint density at radius 1 is 0.821 bits per heavy atom. The summed E-state index contributed by atoms with van der Waals surface area (Å²) >= 11 is 0. The zero-order valence-corrected chi connectivity index (χ0v) is 35.7. The summed E-state index contributed by atoms with van der Waals surface area (Å²) in [7, 11) is 0. The van der Waals surface area contributed by atoms with E-state index in [0.29, 0.717) is 12.8 Å². The normalized spacial score (nSPS) is 36.1. The van der Waals surface area contributed by atoms with Crippen molar-refractivity contribution in [3.05, 3.63) is 0 Å². The van der Waals surface area contributed by atoms with Gasteiger partial charge in [0.15, 0.2) is 12.6 Å². The first-order valence-electron chi connectivity index (χ1n) is 19.6. The minimum Gasteiger partial charge on any atom is -0.460 e. The van der Waals surface area contributed by atoms with E-state index >= 15 is 0 Å². The van der Waals surface area contributed by atoms with Gasteiger partial charge in [0.25, 0.3) is 0 Å². The molecule has 3 aliphatic rings. The van der Waals surface area contributed by atoms with Gasteiger partial charge in [-0.05, 0) is 82.1 Å². The van der Waals surface area contributed by atoms with Crippen molar-refractivity contribution in [3.63, 3.8) is 0 Å². The number of aliphatic hydroxyl groups excluding tert-OH is 1. The Labute approximate surface area is 331 Å². The SMILES string of the molecule is CC(=O)OC1[C@H](NC(=O)OC(C)(C)C)C(O[C@H]2OC(CNC(=O)OC(C)(C)C)CCC2C)C(O)[C@@H](O[C@H]2OC[C@](C)(O)[C@H](C(N)C(=O)OC(C)(C)C)C2C)[C@@H]1C. The van der Waals surface area contributed by atoms with Crippen molar-refractivity contribution in [1.29, 1.82) is 0 Å². The molecule has 2 aliphatic heterocycles. The molecule has 0 spiro atoms. The smallest absolute Gasteiger partial charge is 0.408 e. The number of rotatable bonds is 10. The van der Waals surface area contributed by atoms with Gasteiger partial charge in [-0.15, -0.1) is 0 Å². The Kier molecular flexibility index (Phi) is 15.6. The molecule has 0 aromatic carbocycles. The van der Waals surface area contributed by atoms with E-state index in [4.69, 9.17) is 43.6 Å². The maximum atomic E-state index is 13.3. The highest BCUT2D eigenvalue weighted by molar-refractivity contribution is 5.76. The van der Waals surface area contributed by atoms with Gasteiger partial charge < -0.3 is 64.5 Å². The molecular weight excluding hydrogens is 734 g/mol. The summed E-state index contributed by atoms with van der Waals surface area (Å²) in [5.74, 6) is -3.98. The lowest BCUT2D eigenvalue weighted by Gasteiger charge is -2.52. The van der Waals surface area contributed by atoms with E-state index in [1.165, 1.54) is 13.8 Å². The van der Waals surface area contributed by atoms with Gasteiger partial charge in [0.1, 0.15) is 41.2 Å². The fourth-order valence-electron chi connectivity index (χ4n) is 7.50. The van der Waals surface area contributed by atoms with Crippen molar-refractivity contribution < 1.29 is 67.3 Å². The van der Waals surface area contributed by atoms with Crippen LogP contribution in [0.25, 0.3) is 0 Å². The summed E-state index contributed by atoms with van der Waals surface area (Å²) in [4.78, 5) is 51.4. The van der Waals surface area contributed by atoms with Crippen molar-refractivity contribution in [1.82, 2.24) is 10.6 Å². The zero-order valence-electron chi connectivity index (χ0n) is 35.7. The summed E-state index contributed by atoms with van der Waals surface area (Å²) in [6, 6.07) is -2.41. The zero-order chi connectivity index (χ0) is 42.7. The predicted molar refractivity (Wildman–Crippen MR) is 202 cm³/mol. The fourth-order valence-corrected chi connectivity index (χ4v) is 7.50. The van der Waals surface area contributed by atoms with Crippen LogP contribution in [0.5, 0.6) is 0 Å². The molecule has 324 valence electrons. The van der Waals surface area contributed by atoms with Gasteiger partial charge in [0.05, 0.1) is 30.5 Å². The monoisotopic (exact) mass is 803 g/mol. The average Bonchev–Trinajstić information content (AvgIpc) is 3.01. The van der Waals surface area contributed by atoms with Gasteiger partial charge >= 0.3 is 24.1 Å². The van der Waals surface area contributed by atoms with Crippen molar-refractivity contribution in [2.24, 2.45) is 29.4 Å². The van der Waals surface area contributed by atoms with Crippen LogP contribution in [0.3, 0.4) is 0 Å². The second-order valence-electron chi connectivity index (χ2n) is 18.8. The lowest BCUT2D eigenvalue weighted by atomic mass is 9.73. The molecule has 0 radical (unpaired) electrons. The number of ether oxygens (including phenoxy) is 8. The first-order valence-corrected chi connectivity index (χ1v) is 19.6. The number of nitrogens with two attached hydrogens (primary N) is 1. The minimum atomic E-state index is -1.55. The van der Waals surface area contributed by atoms with E-state index in [-0.39, 0.29) is 19.1 Å². The standard InChI is InChI=1S/C39H69N3O14/c1-19-15-16-23(17-41-34(46)55-37(8,9)10)51-32(19)53-30-26(42-35(47)56-38(11,12)13)28(50-22(4)43)21(3)29(27(30)44)52-33-20(2)24(39(14,48)18-49-33)25(40)31(45)54-36(5,6)7/h19-21,23-30,32-33,44,48H,15-18,40H2,1-14H3,(H,41,46)(H,42,47)/t19?,20?,21-,23?,24+,25?,26+,27?,28?,29+,30?,32-,33-,39+/m1/s1. The number of hydrogen-bond acceptors (Lipinski definition) is 15. The van der Waals surface area contributed by atoms with Crippen LogP contribution >= 0.6 is 0 Å². The van der Waals surface area contributed by atoms with Crippen LogP contribution in [0.4, 0.5) is 9.59 Å². The fraction of sp³-hybridized carbons (Fsp3) is 0.897. The molecule has 0 aromatic rings. The molecule has 1 saturated carbocycles. The van der Waals surface area contributed by atoms with E-state index in [1.54, 1.807) is 76.2 Å². The summed E-state index contributed by atoms with van der Waals surface area (Å²) in [5.41, 5.74) is 2.49. The van der Waals surface area contributed by atoms with E-state index in [0.717, 1.165) is 0 Å². The van der Waals surface area contributed by atoms with Crippen LogP contribution in [0.15, 0.2) is 0 Å². The molecule has 3 rings (SSSR count). The highest BCUT2D eigenvalue weighted by atomic mass is 16.7. The van der Waals surface area contributed by atoms with Gasteiger partial charge in [-0.2, -0.15) is 0 Å². The van der Waals surface area contributed by atoms with Crippen LogP contribution in [0.2, 0.25) is 0 Å². The number of carbonyl (C=O) groups is 4. The molecule has 2 saturated heterocycles. The van der Waals surface area contributed by atoms with E-state index in [2.05, 4.69) is 10.6 Å². The molecule has 17 heteroatoms. The van der Waals surface area contributed by atoms with Crippen LogP contribution in [-0.2, 0) is 47.5 Å². The Morgan fingerprint density at radius 2 is 1.38 bits per heavy atom. The van der Waals surface area contributed by atoms with Crippen LogP contribution in [0, 0.1) is 23.7 Å². The van der Waals surface area contributed by atoms with E-state index < -0.39 is 119 Å². The molecule has 14 atom stereocenters. The maximum absolute atomic E-state index is 13.3. The number of hydrogen-bond donors (Lipinski definition) is 5. The summed E-state index contributed by atoms with van der Waals surface area (Å²) in [5, 5.41) is 29.1. The third kappa shape index (κ3) is 13.4. The van der Waals surface area contributed by atoms with Gasteiger partial charge in [0, 0.05) is 37.1 Å². The highest BCUT2D eigenvalue weighted by Crippen LogP contribution is 2.41. The molecule has 2 amide bonds. The summed E-state index contributed by atoms with van der Waals surface area (Å²) in [6.45, 7) is 23.4. The van der Waals surface area contributed by atoms with Crippen molar-refractivity contribution in [2.45, 2.75) is 187 Å². The van der Waals surface area contributed by atoms with Gasteiger partial charge in [0.2, 0.25) is 0 Å². The second kappa shape index (κ2) is 18.4. The van der Waals surface area contributed by atoms with E-state index in [1.807, 2.05) is 6.92 Å². The molecule has 6 N–H and O–H groups in total. The Balaban J connectivity index is 1.97. The molecule has 0 bridgehead atoms. The lowest BCUT2D eigenvalue weighted by molar-refractivity contribution is -0.319. The number of esters is 2. The van der Waals surface area contributed by atoms with Crippen molar-refractivity contribution in [2.75, 3.05) is 13.2 Å². The van der Waals surface area contributed by atoms with Gasteiger partial charge in [-0.25, -0.2) is 9.59 Å². The molecule has 3 fully saturated rings. The lowest BCUT2D eigenvalue weighted by Crippen LogP contribution is -2.69.